The maximum atomic E-state index is 13.6. The molecule has 0 spiro atoms. The molecule has 0 aliphatic rings. The lowest BCUT2D eigenvalue weighted by atomic mass is 10.2. The van der Waals surface area contributed by atoms with Gasteiger partial charge in [-0.3, -0.25) is 20.4 Å². The highest BCUT2D eigenvalue weighted by atomic mass is 35.5. The van der Waals surface area contributed by atoms with Gasteiger partial charge in [0, 0.05) is 5.02 Å². The number of rotatable bonds is 6. The van der Waals surface area contributed by atoms with Gasteiger partial charge in [0.2, 0.25) is 0 Å². The number of nitrogens with one attached hydrogen (secondary N) is 2. The van der Waals surface area contributed by atoms with Gasteiger partial charge in [0.25, 0.3) is 11.8 Å². The smallest absolute Gasteiger partial charge is 0.279 e. The third kappa shape index (κ3) is 5.35. The van der Waals surface area contributed by atoms with Crippen molar-refractivity contribution in [2.75, 3.05) is 6.61 Å². The predicted octanol–water partition coefficient (Wildman–Crippen LogP) is 3.11. The second kappa shape index (κ2) is 9.05. The van der Waals surface area contributed by atoms with Crippen molar-refractivity contribution in [1.29, 1.82) is 0 Å². The van der Waals surface area contributed by atoms with E-state index >= 15 is 0 Å². The molecule has 2 N–H and O–H groups in total. The molecule has 0 bridgehead atoms. The molecule has 0 fully saturated rings. The van der Waals surface area contributed by atoms with Crippen LogP contribution in [0.2, 0.25) is 5.02 Å². The fourth-order valence-corrected chi connectivity index (χ4v) is 2.17. The third-order valence-corrected chi connectivity index (χ3v) is 3.52. The zero-order valence-corrected chi connectivity index (χ0v) is 15.0. The molecule has 0 aliphatic carbocycles. The molecule has 0 heterocycles. The van der Waals surface area contributed by atoms with Crippen LogP contribution in [0.1, 0.15) is 24.2 Å². The third-order valence-electron chi connectivity index (χ3n) is 3.29. The minimum absolute atomic E-state index is 0.204. The lowest BCUT2D eigenvalue weighted by molar-refractivity contribution is -0.128. The number of hydrogen-bond donors (Lipinski definition) is 2. The fraction of sp³-hybridized carbons (Fsp3) is 0.222. The summed E-state index contributed by atoms with van der Waals surface area (Å²) in [5.74, 6) is -1.03. The van der Waals surface area contributed by atoms with Crippen LogP contribution in [0, 0.1) is 5.82 Å². The first kappa shape index (κ1) is 19.5. The first-order valence-corrected chi connectivity index (χ1v) is 8.23. The minimum Gasteiger partial charge on any atom is -0.494 e. The Balaban J connectivity index is 1.88. The van der Waals surface area contributed by atoms with E-state index in [1.54, 1.807) is 24.3 Å². The van der Waals surface area contributed by atoms with Gasteiger partial charge in [0.05, 0.1) is 12.2 Å². The zero-order chi connectivity index (χ0) is 19.1. The van der Waals surface area contributed by atoms with Crippen LogP contribution in [-0.4, -0.2) is 24.5 Å². The molecule has 2 amide bonds. The fourth-order valence-electron chi connectivity index (χ4n) is 2.00. The Hall–Kier alpha value is -2.80. The molecule has 0 unspecified atom stereocenters. The summed E-state index contributed by atoms with van der Waals surface area (Å²) in [7, 11) is 0. The van der Waals surface area contributed by atoms with E-state index in [4.69, 9.17) is 21.1 Å². The molecule has 0 saturated heterocycles. The number of hydrogen-bond acceptors (Lipinski definition) is 4. The van der Waals surface area contributed by atoms with Gasteiger partial charge in [0.1, 0.15) is 17.3 Å². The Labute approximate surface area is 155 Å². The van der Waals surface area contributed by atoms with Crippen LogP contribution in [0.4, 0.5) is 4.39 Å². The number of halogens is 2. The standard InChI is InChI=1S/C18H18ClFN2O4/c1-3-25-13-5-7-14(8-6-13)26-11(2)17(23)21-22-18(24)15-10-12(19)4-9-16(15)20/h4-11H,3H2,1-2H3,(H,21,23)(H,22,24)/t11-/m0/s1. The SMILES string of the molecule is CCOc1ccc(O[C@@H](C)C(=O)NNC(=O)c2cc(Cl)ccc2F)cc1. The van der Waals surface area contributed by atoms with Crippen LogP contribution in [0.25, 0.3) is 0 Å². The van der Waals surface area contributed by atoms with Crippen molar-refractivity contribution in [3.8, 4) is 11.5 Å². The van der Waals surface area contributed by atoms with Crippen molar-refractivity contribution in [3.63, 3.8) is 0 Å². The van der Waals surface area contributed by atoms with Gasteiger partial charge >= 0.3 is 0 Å². The molecular formula is C18H18ClFN2O4. The molecule has 6 nitrogen and oxygen atoms in total. The normalized spacial score (nSPS) is 11.4. The van der Waals surface area contributed by atoms with Crippen molar-refractivity contribution in [3.05, 3.63) is 58.9 Å². The van der Waals surface area contributed by atoms with E-state index < -0.39 is 23.7 Å². The monoisotopic (exact) mass is 380 g/mol. The van der Waals surface area contributed by atoms with Gasteiger partial charge in [-0.1, -0.05) is 11.6 Å². The Bertz CT molecular complexity index is 783. The zero-order valence-electron chi connectivity index (χ0n) is 14.2. The van der Waals surface area contributed by atoms with Crippen molar-refractivity contribution >= 4 is 23.4 Å². The van der Waals surface area contributed by atoms with E-state index in [2.05, 4.69) is 10.9 Å². The van der Waals surface area contributed by atoms with Gasteiger partial charge in [0.15, 0.2) is 6.10 Å². The van der Waals surface area contributed by atoms with Crippen LogP contribution in [0.5, 0.6) is 11.5 Å². The van der Waals surface area contributed by atoms with Gasteiger partial charge in [-0.25, -0.2) is 4.39 Å². The predicted molar refractivity (Wildman–Crippen MR) is 94.7 cm³/mol. The largest absolute Gasteiger partial charge is 0.494 e. The van der Waals surface area contributed by atoms with Crippen LogP contribution < -0.4 is 20.3 Å². The Kier molecular flexibility index (Phi) is 6.80. The van der Waals surface area contributed by atoms with E-state index in [9.17, 15) is 14.0 Å². The minimum atomic E-state index is -0.891. The molecule has 26 heavy (non-hydrogen) atoms. The number of amides is 2. The number of carbonyl (C=O) groups is 2. The summed E-state index contributed by atoms with van der Waals surface area (Å²) >= 11 is 5.73. The van der Waals surface area contributed by atoms with Gasteiger partial charge in [-0.15, -0.1) is 0 Å². The maximum Gasteiger partial charge on any atom is 0.279 e. The summed E-state index contributed by atoms with van der Waals surface area (Å²) in [5, 5.41) is 0.204. The molecule has 8 heteroatoms. The molecule has 0 aromatic heterocycles. The van der Waals surface area contributed by atoms with E-state index in [1.165, 1.54) is 13.0 Å². The summed E-state index contributed by atoms with van der Waals surface area (Å²) in [6.07, 6.45) is -0.891. The molecule has 0 aliphatic heterocycles. The van der Waals surface area contributed by atoms with Crippen molar-refractivity contribution in [2.45, 2.75) is 20.0 Å². The second-order valence-corrected chi connectivity index (χ2v) is 5.67. The van der Waals surface area contributed by atoms with Crippen molar-refractivity contribution in [1.82, 2.24) is 10.9 Å². The molecule has 2 aromatic carbocycles. The van der Waals surface area contributed by atoms with Gasteiger partial charge < -0.3 is 9.47 Å². The topological polar surface area (TPSA) is 76.7 Å². The van der Waals surface area contributed by atoms with E-state index in [1.807, 2.05) is 6.92 Å². The summed E-state index contributed by atoms with van der Waals surface area (Å²) in [5.41, 5.74) is 4.02. The quantitative estimate of drug-likeness (QED) is 0.755. The molecule has 138 valence electrons. The number of benzene rings is 2. The van der Waals surface area contributed by atoms with E-state index in [0.717, 1.165) is 12.1 Å². The molecule has 2 rings (SSSR count). The first-order chi connectivity index (χ1) is 12.4. The van der Waals surface area contributed by atoms with Crippen molar-refractivity contribution < 1.29 is 23.5 Å². The highest BCUT2D eigenvalue weighted by Gasteiger charge is 2.17. The first-order valence-electron chi connectivity index (χ1n) is 7.85. The Morgan fingerprint density at radius 1 is 1.12 bits per heavy atom. The second-order valence-electron chi connectivity index (χ2n) is 5.23. The van der Waals surface area contributed by atoms with Crippen LogP contribution in [0.3, 0.4) is 0 Å². The summed E-state index contributed by atoms with van der Waals surface area (Å²) in [6, 6.07) is 10.3. The summed E-state index contributed by atoms with van der Waals surface area (Å²) in [4.78, 5) is 23.9. The molecular weight excluding hydrogens is 363 g/mol. The molecule has 0 saturated carbocycles. The van der Waals surface area contributed by atoms with E-state index in [0.29, 0.717) is 18.1 Å². The molecule has 1 atom stereocenters. The highest BCUT2D eigenvalue weighted by molar-refractivity contribution is 6.31. The lowest BCUT2D eigenvalue weighted by Crippen LogP contribution is -2.47. The number of ether oxygens (including phenoxy) is 2. The number of hydrazine groups is 1. The van der Waals surface area contributed by atoms with Crippen LogP contribution >= 0.6 is 11.6 Å². The molecule has 0 radical (unpaired) electrons. The number of carbonyl (C=O) groups excluding carboxylic acids is 2. The van der Waals surface area contributed by atoms with Gasteiger partial charge in [-0.2, -0.15) is 0 Å². The Morgan fingerprint density at radius 3 is 2.42 bits per heavy atom. The molecule has 2 aromatic rings. The maximum absolute atomic E-state index is 13.6. The summed E-state index contributed by atoms with van der Waals surface area (Å²) in [6.45, 7) is 3.93. The van der Waals surface area contributed by atoms with Gasteiger partial charge in [-0.05, 0) is 56.3 Å². The summed E-state index contributed by atoms with van der Waals surface area (Å²) < 4.78 is 24.4. The van der Waals surface area contributed by atoms with Crippen LogP contribution in [-0.2, 0) is 4.79 Å². The lowest BCUT2D eigenvalue weighted by Gasteiger charge is -2.15. The average Bonchev–Trinajstić information content (AvgIpc) is 2.63. The van der Waals surface area contributed by atoms with E-state index in [-0.39, 0.29) is 10.6 Å². The van der Waals surface area contributed by atoms with Crippen molar-refractivity contribution in [2.24, 2.45) is 0 Å². The Morgan fingerprint density at radius 2 is 1.77 bits per heavy atom. The highest BCUT2D eigenvalue weighted by Crippen LogP contribution is 2.18. The average molecular weight is 381 g/mol. The van der Waals surface area contributed by atoms with Crippen LogP contribution in [0.15, 0.2) is 42.5 Å².